The monoisotopic (exact) mass is 338 g/mol. The van der Waals surface area contributed by atoms with E-state index in [-0.39, 0.29) is 0 Å². The summed E-state index contributed by atoms with van der Waals surface area (Å²) in [7, 11) is 2.69. The van der Waals surface area contributed by atoms with Crippen LogP contribution in [0.1, 0.15) is 96.8 Å². The van der Waals surface area contributed by atoms with Crippen LogP contribution in [0, 0.1) is 5.92 Å². The van der Waals surface area contributed by atoms with Gasteiger partial charge in [-0.15, -0.1) is 17.2 Å². The van der Waals surface area contributed by atoms with E-state index in [4.69, 9.17) is 0 Å². The molecular weight excluding hydrogens is 302 g/mol. The molecule has 126 valence electrons. The molecule has 0 radical (unpaired) electrons. The Kier molecular flexibility index (Phi) is 4.93. The van der Waals surface area contributed by atoms with Crippen LogP contribution in [0.4, 0.5) is 0 Å². The SMILES string of the molecule is CCCC(C12CCCC(CCC1)P2)C12CCCC(CCC1)P2. The van der Waals surface area contributed by atoms with E-state index in [0.717, 1.165) is 27.5 Å². The van der Waals surface area contributed by atoms with Gasteiger partial charge in [0, 0.05) is 0 Å². The number of hydrogen-bond donors (Lipinski definition) is 0. The van der Waals surface area contributed by atoms with E-state index in [1.165, 1.54) is 23.6 Å². The van der Waals surface area contributed by atoms with Crippen molar-refractivity contribution in [3.8, 4) is 0 Å². The van der Waals surface area contributed by atoms with Gasteiger partial charge in [-0.2, -0.15) is 0 Å². The molecule has 4 heterocycles. The summed E-state index contributed by atoms with van der Waals surface area (Å²) in [4.78, 5) is 0. The lowest BCUT2D eigenvalue weighted by molar-refractivity contribution is 0.176. The summed E-state index contributed by atoms with van der Waals surface area (Å²) in [5.74, 6) is 1.12. The number of rotatable bonds is 4. The molecule has 22 heavy (non-hydrogen) atoms. The van der Waals surface area contributed by atoms with Crippen molar-refractivity contribution in [2.75, 3.05) is 0 Å². The predicted octanol–water partition coefficient (Wildman–Crippen LogP) is 6.71. The highest BCUT2D eigenvalue weighted by Crippen LogP contribution is 2.68. The van der Waals surface area contributed by atoms with E-state index >= 15 is 0 Å². The van der Waals surface area contributed by atoms with Gasteiger partial charge in [0.2, 0.25) is 0 Å². The molecule has 2 heteroatoms. The van der Waals surface area contributed by atoms with Crippen LogP contribution in [0.5, 0.6) is 0 Å². The molecule has 4 aliphatic heterocycles. The fourth-order valence-electron chi connectivity index (χ4n) is 6.85. The van der Waals surface area contributed by atoms with E-state index in [0.29, 0.717) is 0 Å². The molecule has 0 nitrogen and oxygen atoms in total. The van der Waals surface area contributed by atoms with Crippen LogP contribution >= 0.6 is 17.2 Å². The minimum absolute atomic E-state index is 0.823. The van der Waals surface area contributed by atoms with Crippen molar-refractivity contribution in [1.82, 2.24) is 0 Å². The minimum atomic E-state index is 0.823. The second kappa shape index (κ2) is 6.64. The molecule has 4 fully saturated rings. The summed E-state index contributed by atoms with van der Waals surface area (Å²) in [5.41, 5.74) is 2.29. The third-order valence-electron chi connectivity index (χ3n) is 7.60. The van der Waals surface area contributed by atoms with Crippen LogP contribution in [0.25, 0.3) is 0 Å². The fraction of sp³-hybridized carbons (Fsp3) is 1.00. The molecule has 0 aromatic heterocycles. The first-order valence-corrected chi connectivity index (χ1v) is 12.5. The molecule has 0 aromatic carbocycles. The normalized spacial score (nSPS) is 48.4. The lowest BCUT2D eigenvalue weighted by Gasteiger charge is -2.60. The molecule has 4 bridgehead atoms. The summed E-state index contributed by atoms with van der Waals surface area (Å²) >= 11 is 0. The van der Waals surface area contributed by atoms with Crippen molar-refractivity contribution in [1.29, 1.82) is 0 Å². The average Bonchev–Trinajstić information content (AvgIpc) is 2.52. The predicted molar refractivity (Wildman–Crippen MR) is 103 cm³/mol. The zero-order chi connectivity index (χ0) is 15.0. The third kappa shape index (κ3) is 2.84. The van der Waals surface area contributed by atoms with Gasteiger partial charge in [-0.05, 0) is 85.3 Å². The maximum absolute atomic E-state index is 2.47. The van der Waals surface area contributed by atoms with Crippen LogP contribution < -0.4 is 0 Å². The summed E-state index contributed by atoms with van der Waals surface area (Å²) in [6, 6.07) is 0. The van der Waals surface area contributed by atoms with E-state index in [1.807, 2.05) is 0 Å². The molecule has 0 amide bonds. The molecule has 0 saturated carbocycles. The zero-order valence-corrected chi connectivity index (χ0v) is 16.6. The lowest BCUT2D eigenvalue weighted by atomic mass is 9.67. The van der Waals surface area contributed by atoms with E-state index < -0.39 is 0 Å². The van der Waals surface area contributed by atoms with Gasteiger partial charge < -0.3 is 0 Å². The van der Waals surface area contributed by atoms with Crippen LogP contribution in [0.3, 0.4) is 0 Å². The van der Waals surface area contributed by atoms with Gasteiger partial charge >= 0.3 is 0 Å². The van der Waals surface area contributed by atoms with Crippen molar-refractivity contribution in [2.45, 2.75) is 118 Å². The van der Waals surface area contributed by atoms with Gasteiger partial charge in [0.15, 0.2) is 0 Å². The largest absolute Gasteiger partial charge is 0.112 e. The molecule has 0 aliphatic carbocycles. The van der Waals surface area contributed by atoms with Crippen molar-refractivity contribution in [3.63, 3.8) is 0 Å². The van der Waals surface area contributed by atoms with Gasteiger partial charge in [-0.3, -0.25) is 0 Å². The van der Waals surface area contributed by atoms with Gasteiger partial charge in [0.05, 0.1) is 0 Å². The Hall–Kier alpha value is 0.860. The average molecular weight is 338 g/mol. The summed E-state index contributed by atoms with van der Waals surface area (Å²) < 4.78 is 0. The summed E-state index contributed by atoms with van der Waals surface area (Å²) in [5, 5.41) is 1.65. The third-order valence-corrected chi connectivity index (χ3v) is 12.4. The molecule has 4 rings (SSSR count). The second-order valence-corrected chi connectivity index (χ2v) is 13.1. The van der Waals surface area contributed by atoms with Gasteiger partial charge in [0.25, 0.3) is 0 Å². The maximum Gasteiger partial charge on any atom is -0.00826 e. The Morgan fingerprint density at radius 1 is 0.773 bits per heavy atom. The molecule has 2 unspecified atom stereocenters. The summed E-state index contributed by atoms with van der Waals surface area (Å²) in [6.07, 6.45) is 22.1. The molecule has 2 atom stereocenters. The van der Waals surface area contributed by atoms with E-state index in [2.05, 4.69) is 6.92 Å². The van der Waals surface area contributed by atoms with Crippen LogP contribution in [0.2, 0.25) is 0 Å². The Morgan fingerprint density at radius 2 is 1.18 bits per heavy atom. The summed E-state index contributed by atoms with van der Waals surface area (Å²) in [6.45, 7) is 2.47. The molecular formula is C20H36P2. The van der Waals surface area contributed by atoms with Crippen LogP contribution in [0.15, 0.2) is 0 Å². The Bertz CT molecular complexity index is 337. The van der Waals surface area contributed by atoms with E-state index in [1.54, 1.807) is 83.5 Å². The molecule has 4 saturated heterocycles. The smallest absolute Gasteiger partial charge is 0.00826 e. The van der Waals surface area contributed by atoms with E-state index in [9.17, 15) is 0 Å². The Labute approximate surface area is 141 Å². The molecule has 0 N–H and O–H groups in total. The van der Waals surface area contributed by atoms with Gasteiger partial charge in [0.1, 0.15) is 0 Å². The van der Waals surface area contributed by atoms with Crippen molar-refractivity contribution < 1.29 is 0 Å². The highest BCUT2D eigenvalue weighted by molar-refractivity contribution is 7.42. The zero-order valence-electron chi connectivity index (χ0n) is 14.6. The Morgan fingerprint density at radius 3 is 1.55 bits per heavy atom. The first-order valence-electron chi connectivity index (χ1n) is 10.3. The number of hydrogen-bond acceptors (Lipinski definition) is 0. The second-order valence-electron chi connectivity index (χ2n) is 8.90. The quantitative estimate of drug-likeness (QED) is 0.500. The standard InChI is InChI=1S/C20H36P2/c1-2-7-18(19-12-3-8-16(21-19)9-4-13-19)20-14-5-10-17(22-20)11-6-15-20/h16-18,21-22H,2-15H2,1H3. The van der Waals surface area contributed by atoms with Gasteiger partial charge in [-0.25, -0.2) is 0 Å². The van der Waals surface area contributed by atoms with Crippen molar-refractivity contribution in [2.24, 2.45) is 5.92 Å². The van der Waals surface area contributed by atoms with Crippen molar-refractivity contribution in [3.05, 3.63) is 0 Å². The lowest BCUT2D eigenvalue weighted by Crippen LogP contribution is -2.53. The number of fused-ring (bicyclic) bond motifs is 4. The van der Waals surface area contributed by atoms with Crippen LogP contribution in [-0.2, 0) is 0 Å². The molecule has 0 spiro atoms. The highest BCUT2D eigenvalue weighted by Gasteiger charge is 2.54. The van der Waals surface area contributed by atoms with Gasteiger partial charge in [-0.1, -0.05) is 39.0 Å². The highest BCUT2D eigenvalue weighted by atomic mass is 31.1. The fourth-order valence-corrected chi connectivity index (χ4v) is 12.5. The first kappa shape index (κ1) is 16.3. The first-order chi connectivity index (χ1) is 10.8. The van der Waals surface area contributed by atoms with Crippen molar-refractivity contribution >= 4 is 17.2 Å². The minimum Gasteiger partial charge on any atom is -0.112 e. The maximum atomic E-state index is 2.47. The Balaban J connectivity index is 1.64. The molecule has 4 aliphatic rings. The topological polar surface area (TPSA) is 0 Å². The van der Waals surface area contributed by atoms with Crippen LogP contribution in [-0.4, -0.2) is 21.6 Å². The molecule has 0 aromatic rings.